The number of rotatable bonds is 9. The second-order valence-corrected chi connectivity index (χ2v) is 9.28. The fourth-order valence-electron chi connectivity index (χ4n) is 4.42. The number of nitrogen functional groups attached to an aromatic ring is 1. The lowest BCUT2D eigenvalue weighted by Gasteiger charge is -2.34. The van der Waals surface area contributed by atoms with Crippen molar-refractivity contribution >= 4 is 23.6 Å². The van der Waals surface area contributed by atoms with E-state index in [1.807, 2.05) is 18.7 Å². The number of nitrogens with one attached hydrogen (secondary N) is 2. The van der Waals surface area contributed by atoms with Gasteiger partial charge in [-0.1, -0.05) is 39.0 Å². The SMILES string of the molecule is CC.CCN1CCN(Cc2ccc(NC(=O)COc3ccc(-c4cnc(N)c(C=N)c4)cc3)cc2C(F)(F)F)CC1. The molecule has 2 heterocycles. The summed E-state index contributed by atoms with van der Waals surface area (Å²) in [5.41, 5.74) is 7.30. The number of amides is 1. The standard InChI is InChI=1S/C28H31F3N6O2.C2H6/c1-2-36-9-11-37(12-10-36)17-20-3-6-23(14-25(20)28(29,30)31)35-26(38)18-39-24-7-4-19(5-8-24)22-13-21(15-32)27(33)34-16-22;1-2/h3-8,13-16,32H,2,9-12,17-18H2,1H3,(H2,33,34)(H,35,38);1-2H3. The Morgan fingerprint density at radius 1 is 1.05 bits per heavy atom. The Morgan fingerprint density at radius 3 is 2.32 bits per heavy atom. The first kappa shape index (κ1) is 31.6. The fourth-order valence-corrected chi connectivity index (χ4v) is 4.42. The predicted octanol–water partition coefficient (Wildman–Crippen LogP) is 5.53. The summed E-state index contributed by atoms with van der Waals surface area (Å²) in [6.07, 6.45) is -1.82. The van der Waals surface area contributed by atoms with Crippen LogP contribution in [0, 0.1) is 5.41 Å². The maximum Gasteiger partial charge on any atom is 0.416 e. The minimum atomic E-state index is -4.54. The number of likely N-dealkylation sites (N-methyl/N-ethyl adjacent to an activating group) is 1. The number of nitrogens with two attached hydrogens (primary N) is 1. The molecule has 4 N–H and O–H groups in total. The zero-order valence-corrected chi connectivity index (χ0v) is 23.6. The van der Waals surface area contributed by atoms with Crippen LogP contribution in [0.5, 0.6) is 5.75 Å². The molecule has 8 nitrogen and oxygen atoms in total. The molecule has 0 bridgehead atoms. The third-order valence-corrected chi connectivity index (χ3v) is 6.67. The van der Waals surface area contributed by atoms with Gasteiger partial charge in [-0.2, -0.15) is 13.2 Å². The van der Waals surface area contributed by atoms with E-state index in [1.54, 1.807) is 36.5 Å². The lowest BCUT2D eigenvalue weighted by Crippen LogP contribution is -2.45. The van der Waals surface area contributed by atoms with Gasteiger partial charge < -0.3 is 26.1 Å². The Morgan fingerprint density at radius 2 is 1.71 bits per heavy atom. The van der Waals surface area contributed by atoms with E-state index in [-0.39, 0.29) is 30.2 Å². The Labute approximate surface area is 238 Å². The first-order valence-corrected chi connectivity index (χ1v) is 13.6. The molecule has 220 valence electrons. The van der Waals surface area contributed by atoms with Crippen LogP contribution in [0.1, 0.15) is 37.5 Å². The highest BCUT2D eigenvalue weighted by Crippen LogP contribution is 2.34. The molecule has 0 aliphatic carbocycles. The largest absolute Gasteiger partial charge is 0.484 e. The van der Waals surface area contributed by atoms with Crippen LogP contribution in [-0.4, -0.2) is 66.2 Å². The number of carbonyl (C=O) groups is 1. The van der Waals surface area contributed by atoms with E-state index in [4.69, 9.17) is 15.9 Å². The number of hydrogen-bond donors (Lipinski definition) is 3. The van der Waals surface area contributed by atoms with Gasteiger partial charge in [0.15, 0.2) is 6.61 Å². The van der Waals surface area contributed by atoms with Gasteiger partial charge in [-0.25, -0.2) is 4.98 Å². The molecule has 41 heavy (non-hydrogen) atoms. The molecule has 4 rings (SSSR count). The number of ether oxygens (including phenoxy) is 1. The molecule has 1 aliphatic heterocycles. The highest BCUT2D eigenvalue weighted by molar-refractivity contribution is 5.92. The highest BCUT2D eigenvalue weighted by atomic mass is 19.4. The summed E-state index contributed by atoms with van der Waals surface area (Å²) in [4.78, 5) is 20.8. The summed E-state index contributed by atoms with van der Waals surface area (Å²) in [6, 6.07) is 12.5. The number of aromatic nitrogens is 1. The molecule has 0 radical (unpaired) electrons. The van der Waals surface area contributed by atoms with Gasteiger partial charge in [0.2, 0.25) is 0 Å². The minimum absolute atomic E-state index is 0.0590. The average molecular weight is 571 g/mol. The Kier molecular flexibility index (Phi) is 11.2. The van der Waals surface area contributed by atoms with Crippen LogP contribution in [0.3, 0.4) is 0 Å². The number of piperazine rings is 1. The Balaban J connectivity index is 0.00000226. The molecule has 3 aromatic rings. The lowest BCUT2D eigenvalue weighted by molar-refractivity contribution is -0.138. The topological polar surface area (TPSA) is 108 Å². The monoisotopic (exact) mass is 570 g/mol. The van der Waals surface area contributed by atoms with Gasteiger partial charge in [0.05, 0.1) is 5.56 Å². The summed E-state index contributed by atoms with van der Waals surface area (Å²) in [6.45, 7) is 9.92. The maximum atomic E-state index is 13.8. The zero-order valence-electron chi connectivity index (χ0n) is 23.6. The van der Waals surface area contributed by atoms with Crippen molar-refractivity contribution in [3.8, 4) is 16.9 Å². The number of anilines is 2. The summed E-state index contributed by atoms with van der Waals surface area (Å²) >= 11 is 0. The fraction of sp³-hybridized carbons (Fsp3) is 0.367. The van der Waals surface area contributed by atoms with Crippen molar-refractivity contribution < 1.29 is 22.7 Å². The molecule has 1 saturated heterocycles. The molecular weight excluding hydrogens is 533 g/mol. The smallest absolute Gasteiger partial charge is 0.416 e. The maximum absolute atomic E-state index is 13.8. The molecule has 0 atom stereocenters. The second kappa shape index (κ2) is 14.6. The number of alkyl halides is 3. The van der Waals surface area contributed by atoms with Gasteiger partial charge in [0.1, 0.15) is 11.6 Å². The van der Waals surface area contributed by atoms with Crippen LogP contribution in [-0.2, 0) is 17.5 Å². The molecular formula is C30H37F3N6O2. The number of benzene rings is 2. The van der Waals surface area contributed by atoms with E-state index in [9.17, 15) is 18.0 Å². The lowest BCUT2D eigenvalue weighted by atomic mass is 10.0. The Hall–Kier alpha value is -3.96. The first-order chi connectivity index (χ1) is 19.7. The van der Waals surface area contributed by atoms with E-state index in [2.05, 4.69) is 22.1 Å². The van der Waals surface area contributed by atoms with Crippen molar-refractivity contribution in [1.82, 2.24) is 14.8 Å². The highest BCUT2D eigenvalue weighted by Gasteiger charge is 2.34. The second-order valence-electron chi connectivity index (χ2n) is 9.28. The number of hydrogen-bond acceptors (Lipinski definition) is 7. The molecule has 0 unspecified atom stereocenters. The molecule has 0 spiro atoms. The molecule has 2 aromatic carbocycles. The number of pyridine rings is 1. The van der Waals surface area contributed by atoms with Crippen molar-refractivity contribution in [2.24, 2.45) is 0 Å². The predicted molar refractivity (Wildman–Crippen MR) is 156 cm³/mol. The summed E-state index contributed by atoms with van der Waals surface area (Å²) < 4.78 is 47.0. The van der Waals surface area contributed by atoms with Crippen LogP contribution in [0.15, 0.2) is 54.7 Å². The van der Waals surface area contributed by atoms with Gasteiger partial charge in [-0.15, -0.1) is 0 Å². The van der Waals surface area contributed by atoms with E-state index in [0.29, 0.717) is 24.4 Å². The first-order valence-electron chi connectivity index (χ1n) is 13.6. The number of carbonyl (C=O) groups excluding carboxylic acids is 1. The zero-order chi connectivity index (χ0) is 30.0. The van der Waals surface area contributed by atoms with Crippen molar-refractivity contribution in [3.05, 3.63) is 71.4 Å². The third-order valence-electron chi connectivity index (χ3n) is 6.67. The van der Waals surface area contributed by atoms with E-state index in [0.717, 1.165) is 43.0 Å². The molecule has 11 heteroatoms. The minimum Gasteiger partial charge on any atom is -0.484 e. The van der Waals surface area contributed by atoms with Crippen molar-refractivity contribution in [3.63, 3.8) is 0 Å². The van der Waals surface area contributed by atoms with Gasteiger partial charge in [0, 0.05) is 61.9 Å². The van der Waals surface area contributed by atoms with E-state index in [1.165, 1.54) is 12.1 Å². The number of nitrogens with zero attached hydrogens (tertiary/aromatic N) is 3. The molecule has 0 saturated carbocycles. The molecule has 1 aliphatic rings. The van der Waals surface area contributed by atoms with E-state index < -0.39 is 17.6 Å². The van der Waals surface area contributed by atoms with Crippen LogP contribution >= 0.6 is 0 Å². The van der Waals surface area contributed by atoms with Gasteiger partial charge in [-0.05, 0) is 48.0 Å². The van der Waals surface area contributed by atoms with Crippen LogP contribution in [0.4, 0.5) is 24.7 Å². The Bertz CT molecular complexity index is 1310. The van der Waals surface area contributed by atoms with Gasteiger partial charge >= 0.3 is 6.18 Å². The summed E-state index contributed by atoms with van der Waals surface area (Å²) in [5.74, 6) is 0.107. The summed E-state index contributed by atoms with van der Waals surface area (Å²) in [7, 11) is 0. The van der Waals surface area contributed by atoms with Crippen LogP contribution < -0.4 is 15.8 Å². The number of halogens is 3. The quantitative estimate of drug-likeness (QED) is 0.292. The summed E-state index contributed by atoms with van der Waals surface area (Å²) in [5, 5.41) is 9.91. The van der Waals surface area contributed by atoms with Crippen LogP contribution in [0.25, 0.3) is 11.1 Å². The van der Waals surface area contributed by atoms with E-state index >= 15 is 0 Å². The van der Waals surface area contributed by atoms with Gasteiger partial charge in [-0.3, -0.25) is 9.69 Å². The van der Waals surface area contributed by atoms with Crippen molar-refractivity contribution in [2.45, 2.75) is 33.5 Å². The van der Waals surface area contributed by atoms with Crippen molar-refractivity contribution in [1.29, 1.82) is 5.41 Å². The molecule has 1 fully saturated rings. The normalized spacial score (nSPS) is 14.1. The van der Waals surface area contributed by atoms with Crippen LogP contribution in [0.2, 0.25) is 0 Å². The third kappa shape index (κ3) is 8.76. The molecule has 1 amide bonds. The molecule has 1 aromatic heterocycles. The van der Waals surface area contributed by atoms with Gasteiger partial charge in [0.25, 0.3) is 5.91 Å². The van der Waals surface area contributed by atoms with Crippen molar-refractivity contribution in [2.75, 3.05) is 50.4 Å². The average Bonchev–Trinajstić information content (AvgIpc) is 2.98.